The Hall–Kier alpha value is -1.92. The van der Waals surface area contributed by atoms with Gasteiger partial charge in [0.15, 0.2) is 10.8 Å². The van der Waals surface area contributed by atoms with Crippen LogP contribution in [-0.4, -0.2) is 26.5 Å². The molecule has 0 radical (unpaired) electrons. The molecule has 0 aromatic carbocycles. The predicted molar refractivity (Wildman–Crippen MR) is 75.3 cm³/mol. The fraction of sp³-hybridized carbons (Fsp3) is 0.231. The Morgan fingerprint density at radius 1 is 1.47 bits per heavy atom. The lowest BCUT2D eigenvalue weighted by molar-refractivity contribution is 0.276. The highest BCUT2D eigenvalue weighted by Crippen LogP contribution is 2.24. The average molecular weight is 274 g/mol. The second-order valence-corrected chi connectivity index (χ2v) is 5.19. The number of nitrogens with zero attached hydrogens (tertiary/aromatic N) is 4. The zero-order valence-corrected chi connectivity index (χ0v) is 11.3. The molecule has 0 aliphatic heterocycles. The molecule has 0 amide bonds. The minimum atomic E-state index is -0.0232. The summed E-state index contributed by atoms with van der Waals surface area (Å²) in [6.45, 7) is 0.691. The molecule has 5 nitrogen and oxygen atoms in total. The number of rotatable bonds is 4. The molecule has 0 aliphatic rings. The monoisotopic (exact) mass is 274 g/mol. The Bertz CT molecular complexity index is 676. The minimum absolute atomic E-state index is 0.0232. The molecule has 19 heavy (non-hydrogen) atoms. The molecule has 3 aromatic heterocycles. The normalized spacial score (nSPS) is 11.1. The van der Waals surface area contributed by atoms with Gasteiger partial charge in [-0.2, -0.15) is 0 Å². The number of aliphatic hydroxyl groups excluding tert-OH is 1. The van der Waals surface area contributed by atoms with Crippen molar-refractivity contribution in [3.8, 4) is 0 Å². The van der Waals surface area contributed by atoms with Crippen molar-refractivity contribution in [3.05, 3.63) is 47.4 Å². The highest BCUT2D eigenvalue weighted by Gasteiger charge is 2.15. The number of pyridine rings is 1. The van der Waals surface area contributed by atoms with Crippen LogP contribution in [0.5, 0.6) is 0 Å². The number of aliphatic hydroxyl groups is 1. The molecule has 0 bridgehead atoms. The van der Waals surface area contributed by atoms with Gasteiger partial charge in [-0.15, -0.1) is 11.3 Å². The predicted octanol–water partition coefficient (Wildman–Crippen LogP) is 1.92. The molecule has 0 aliphatic carbocycles. The van der Waals surface area contributed by atoms with Gasteiger partial charge in [-0.25, -0.2) is 4.98 Å². The summed E-state index contributed by atoms with van der Waals surface area (Å²) >= 11 is 1.56. The minimum Gasteiger partial charge on any atom is -0.390 e. The van der Waals surface area contributed by atoms with Crippen molar-refractivity contribution in [1.82, 2.24) is 14.4 Å². The average Bonchev–Trinajstić information content (AvgIpc) is 2.99. The largest absolute Gasteiger partial charge is 0.390 e. The highest BCUT2D eigenvalue weighted by molar-refractivity contribution is 7.15. The molecule has 0 atom stereocenters. The van der Waals surface area contributed by atoms with Crippen molar-refractivity contribution in [2.75, 3.05) is 11.9 Å². The molecule has 6 heteroatoms. The van der Waals surface area contributed by atoms with E-state index in [0.717, 1.165) is 22.0 Å². The van der Waals surface area contributed by atoms with Crippen molar-refractivity contribution in [1.29, 1.82) is 0 Å². The third-order valence-electron chi connectivity index (χ3n) is 2.99. The van der Waals surface area contributed by atoms with Crippen LogP contribution >= 0.6 is 11.3 Å². The van der Waals surface area contributed by atoms with Gasteiger partial charge in [-0.3, -0.25) is 9.38 Å². The van der Waals surface area contributed by atoms with Crippen molar-refractivity contribution < 1.29 is 5.11 Å². The Morgan fingerprint density at radius 3 is 3.11 bits per heavy atom. The molecule has 0 fully saturated rings. The molecule has 3 aromatic rings. The van der Waals surface area contributed by atoms with Gasteiger partial charge in [-0.1, -0.05) is 6.07 Å². The van der Waals surface area contributed by atoms with Crippen LogP contribution in [0.3, 0.4) is 0 Å². The van der Waals surface area contributed by atoms with Crippen molar-refractivity contribution in [2.45, 2.75) is 13.2 Å². The third kappa shape index (κ3) is 2.20. The maximum absolute atomic E-state index is 9.54. The van der Waals surface area contributed by atoms with E-state index in [1.807, 2.05) is 46.3 Å². The van der Waals surface area contributed by atoms with Gasteiger partial charge in [0.1, 0.15) is 0 Å². The summed E-state index contributed by atoms with van der Waals surface area (Å²) in [5, 5.41) is 11.5. The molecule has 1 N–H and O–H groups in total. The molecule has 0 saturated heterocycles. The second-order valence-electron chi connectivity index (χ2n) is 4.31. The summed E-state index contributed by atoms with van der Waals surface area (Å²) < 4.78 is 1.93. The number of hydrogen-bond acceptors (Lipinski definition) is 5. The first-order chi connectivity index (χ1) is 9.29. The van der Waals surface area contributed by atoms with E-state index in [4.69, 9.17) is 0 Å². The van der Waals surface area contributed by atoms with Crippen LogP contribution in [0.2, 0.25) is 0 Å². The van der Waals surface area contributed by atoms with Gasteiger partial charge < -0.3 is 10.0 Å². The summed E-state index contributed by atoms with van der Waals surface area (Å²) in [5.74, 6) is 0.818. The van der Waals surface area contributed by atoms with E-state index in [-0.39, 0.29) is 6.61 Å². The summed E-state index contributed by atoms with van der Waals surface area (Å²) in [6, 6.07) is 3.95. The summed E-state index contributed by atoms with van der Waals surface area (Å²) in [4.78, 5) is 11.6. The van der Waals surface area contributed by atoms with Gasteiger partial charge in [-0.05, 0) is 11.6 Å². The number of imidazole rings is 1. The third-order valence-corrected chi connectivity index (χ3v) is 3.75. The topological polar surface area (TPSA) is 53.7 Å². The van der Waals surface area contributed by atoms with Gasteiger partial charge >= 0.3 is 0 Å². The Morgan fingerprint density at radius 2 is 2.37 bits per heavy atom. The Balaban J connectivity index is 1.92. The molecular weight excluding hydrogens is 260 g/mol. The van der Waals surface area contributed by atoms with Gasteiger partial charge in [0.25, 0.3) is 0 Å². The van der Waals surface area contributed by atoms with E-state index in [1.165, 1.54) is 0 Å². The van der Waals surface area contributed by atoms with Crippen LogP contribution in [-0.2, 0) is 13.2 Å². The first kappa shape index (κ1) is 12.1. The number of hydrogen-bond donors (Lipinski definition) is 1. The molecule has 98 valence electrons. The maximum atomic E-state index is 9.54. The fourth-order valence-corrected chi connectivity index (χ4v) is 2.84. The second kappa shape index (κ2) is 4.99. The maximum Gasteiger partial charge on any atom is 0.195 e. The Kier molecular flexibility index (Phi) is 3.18. The van der Waals surface area contributed by atoms with Crippen LogP contribution in [0.15, 0.2) is 36.1 Å². The number of aromatic nitrogens is 3. The van der Waals surface area contributed by atoms with E-state index in [1.54, 1.807) is 17.5 Å². The van der Waals surface area contributed by atoms with E-state index >= 15 is 0 Å². The highest BCUT2D eigenvalue weighted by atomic mass is 32.1. The van der Waals surface area contributed by atoms with E-state index in [0.29, 0.717) is 6.54 Å². The lowest BCUT2D eigenvalue weighted by atomic mass is 10.2. The van der Waals surface area contributed by atoms with Gasteiger partial charge in [0.2, 0.25) is 0 Å². The number of thiazole rings is 1. The number of fused-ring (bicyclic) bond motifs is 1. The molecule has 0 spiro atoms. The lowest BCUT2D eigenvalue weighted by Crippen LogP contribution is -2.18. The quantitative estimate of drug-likeness (QED) is 0.789. The standard InChI is InChI=1S/C13H14N4OS/c1-16(8-10-3-2-4-14-7-10)12-11(9-18)17-5-6-19-13(17)15-12/h2-7,18H,8-9H2,1H3. The summed E-state index contributed by atoms with van der Waals surface area (Å²) in [5.41, 5.74) is 1.94. The van der Waals surface area contributed by atoms with Crippen LogP contribution < -0.4 is 4.90 Å². The van der Waals surface area contributed by atoms with Gasteiger partial charge in [0, 0.05) is 37.6 Å². The van der Waals surface area contributed by atoms with Crippen LogP contribution in [0.1, 0.15) is 11.3 Å². The zero-order chi connectivity index (χ0) is 13.2. The first-order valence-electron chi connectivity index (χ1n) is 5.95. The van der Waals surface area contributed by atoms with E-state index in [9.17, 15) is 5.11 Å². The summed E-state index contributed by atoms with van der Waals surface area (Å²) in [6.07, 6.45) is 5.53. The van der Waals surface area contributed by atoms with E-state index < -0.39 is 0 Å². The molecular formula is C13H14N4OS. The molecule has 0 saturated carbocycles. The lowest BCUT2D eigenvalue weighted by Gasteiger charge is -2.17. The van der Waals surface area contributed by atoms with Crippen LogP contribution in [0.4, 0.5) is 5.82 Å². The molecule has 0 unspecified atom stereocenters. The first-order valence-corrected chi connectivity index (χ1v) is 6.83. The van der Waals surface area contributed by atoms with Gasteiger partial charge in [0.05, 0.1) is 12.3 Å². The van der Waals surface area contributed by atoms with Crippen LogP contribution in [0.25, 0.3) is 4.96 Å². The van der Waals surface area contributed by atoms with E-state index in [2.05, 4.69) is 9.97 Å². The molecule has 3 heterocycles. The molecule has 3 rings (SSSR count). The Labute approximate surface area is 114 Å². The fourth-order valence-electron chi connectivity index (χ4n) is 2.11. The van der Waals surface area contributed by atoms with Crippen LogP contribution in [0, 0.1) is 0 Å². The zero-order valence-electron chi connectivity index (χ0n) is 10.5. The van der Waals surface area contributed by atoms with Crippen molar-refractivity contribution >= 4 is 22.1 Å². The SMILES string of the molecule is CN(Cc1cccnc1)c1nc2sccn2c1CO. The van der Waals surface area contributed by atoms with Crippen molar-refractivity contribution in [3.63, 3.8) is 0 Å². The van der Waals surface area contributed by atoms with Crippen molar-refractivity contribution in [2.24, 2.45) is 0 Å². The summed E-state index contributed by atoms with van der Waals surface area (Å²) in [7, 11) is 1.97. The number of anilines is 1. The smallest absolute Gasteiger partial charge is 0.195 e.